The highest BCUT2D eigenvalue weighted by Crippen LogP contribution is 2.33. The van der Waals surface area contributed by atoms with E-state index in [0.29, 0.717) is 23.8 Å². The number of pyridine rings is 1. The van der Waals surface area contributed by atoms with E-state index in [1.807, 2.05) is 62.5 Å². The Kier molecular flexibility index (Phi) is 5.85. The molecular weight excluding hydrogens is 442 g/mol. The molecule has 0 fully saturated rings. The second kappa shape index (κ2) is 9.26. The number of hydrogen-bond acceptors (Lipinski definition) is 6. The van der Waals surface area contributed by atoms with Crippen LogP contribution in [-0.2, 0) is 0 Å². The van der Waals surface area contributed by atoms with E-state index in [1.54, 1.807) is 22.8 Å². The molecule has 2 N–H and O–H groups in total. The van der Waals surface area contributed by atoms with Crippen molar-refractivity contribution in [1.29, 1.82) is 0 Å². The molecule has 0 aliphatic rings. The summed E-state index contributed by atoms with van der Waals surface area (Å²) in [5.41, 5.74) is 5.24. The number of nitrogens with one attached hydrogen (secondary N) is 1. The molecule has 5 aromatic rings. The van der Waals surface area contributed by atoms with Gasteiger partial charge in [0.25, 0.3) is 0 Å². The Labute approximate surface area is 201 Å². The standard InChI is InChI=1S/C27H23N5O3/c1-3-28-24-17(2)26(35-21-12-9-19(10-13-21)27(33)34)31-25-22(16-30-32(24)25)20-11-14-23(29-15-20)18-7-5-4-6-8-18/h4-16,28H,3H2,1-2H3,(H,33,34). The lowest BCUT2D eigenvalue weighted by molar-refractivity contribution is 0.0697. The number of rotatable bonds is 7. The number of aromatic nitrogens is 4. The van der Waals surface area contributed by atoms with E-state index in [0.717, 1.165) is 33.8 Å². The van der Waals surface area contributed by atoms with Crippen LogP contribution in [0.3, 0.4) is 0 Å². The van der Waals surface area contributed by atoms with Gasteiger partial charge in [0.1, 0.15) is 11.6 Å². The second-order valence-corrected chi connectivity index (χ2v) is 7.94. The van der Waals surface area contributed by atoms with Gasteiger partial charge in [0.15, 0.2) is 5.65 Å². The molecule has 35 heavy (non-hydrogen) atoms. The molecule has 8 nitrogen and oxygen atoms in total. The summed E-state index contributed by atoms with van der Waals surface area (Å²) in [6.45, 7) is 4.60. The van der Waals surface area contributed by atoms with Gasteiger partial charge in [-0.25, -0.2) is 4.79 Å². The van der Waals surface area contributed by atoms with Crippen LogP contribution in [0, 0.1) is 6.92 Å². The first kappa shape index (κ1) is 22.1. The molecule has 0 unspecified atom stereocenters. The largest absolute Gasteiger partial charge is 0.478 e. The zero-order valence-corrected chi connectivity index (χ0v) is 19.3. The van der Waals surface area contributed by atoms with Crippen LogP contribution < -0.4 is 10.1 Å². The van der Waals surface area contributed by atoms with Gasteiger partial charge in [0.2, 0.25) is 5.88 Å². The smallest absolute Gasteiger partial charge is 0.335 e. The molecule has 0 spiro atoms. The first-order valence-electron chi connectivity index (χ1n) is 11.2. The maximum absolute atomic E-state index is 11.2. The van der Waals surface area contributed by atoms with E-state index in [4.69, 9.17) is 14.8 Å². The lowest BCUT2D eigenvalue weighted by Crippen LogP contribution is -2.09. The minimum absolute atomic E-state index is 0.190. The molecule has 8 heteroatoms. The number of anilines is 1. The van der Waals surface area contributed by atoms with Crippen molar-refractivity contribution < 1.29 is 14.6 Å². The van der Waals surface area contributed by atoms with Crippen molar-refractivity contribution in [3.63, 3.8) is 0 Å². The Morgan fingerprint density at radius 3 is 2.43 bits per heavy atom. The number of ether oxygens (including phenoxy) is 1. The van der Waals surface area contributed by atoms with Gasteiger partial charge in [-0.2, -0.15) is 14.6 Å². The number of nitrogens with zero attached hydrogens (tertiary/aromatic N) is 4. The molecule has 0 atom stereocenters. The molecule has 3 aromatic heterocycles. The molecule has 174 valence electrons. The number of aromatic carboxylic acids is 1. The van der Waals surface area contributed by atoms with Gasteiger partial charge in [-0.1, -0.05) is 36.4 Å². The average molecular weight is 466 g/mol. The van der Waals surface area contributed by atoms with Crippen LogP contribution in [0.5, 0.6) is 11.6 Å². The van der Waals surface area contributed by atoms with Crippen molar-refractivity contribution in [2.24, 2.45) is 0 Å². The summed E-state index contributed by atoms with van der Waals surface area (Å²) in [7, 11) is 0. The first-order chi connectivity index (χ1) is 17.0. The molecule has 0 amide bonds. The zero-order valence-electron chi connectivity index (χ0n) is 19.3. The fourth-order valence-corrected chi connectivity index (χ4v) is 3.84. The first-order valence-corrected chi connectivity index (χ1v) is 11.2. The van der Waals surface area contributed by atoms with Crippen molar-refractivity contribution in [1.82, 2.24) is 19.6 Å². The van der Waals surface area contributed by atoms with Crippen LogP contribution in [0.4, 0.5) is 5.82 Å². The zero-order chi connectivity index (χ0) is 24.4. The highest BCUT2D eigenvalue weighted by molar-refractivity contribution is 5.87. The van der Waals surface area contributed by atoms with Crippen molar-refractivity contribution >= 4 is 17.4 Å². The minimum Gasteiger partial charge on any atom is -0.478 e. The molecule has 0 aliphatic carbocycles. The quantitative estimate of drug-likeness (QED) is 0.318. The molecular formula is C27H23N5O3. The van der Waals surface area contributed by atoms with Crippen LogP contribution in [0.2, 0.25) is 0 Å². The molecule has 5 rings (SSSR count). The fraction of sp³-hybridized carbons (Fsp3) is 0.111. The van der Waals surface area contributed by atoms with Gasteiger partial charge in [0.05, 0.1) is 23.0 Å². The van der Waals surface area contributed by atoms with E-state index >= 15 is 0 Å². The molecule has 3 heterocycles. The Hall–Kier alpha value is -4.72. The maximum Gasteiger partial charge on any atom is 0.335 e. The number of hydrogen-bond donors (Lipinski definition) is 2. The second-order valence-electron chi connectivity index (χ2n) is 7.94. The minimum atomic E-state index is -0.988. The predicted molar refractivity (Wildman–Crippen MR) is 134 cm³/mol. The van der Waals surface area contributed by atoms with Gasteiger partial charge in [0, 0.05) is 29.4 Å². The average Bonchev–Trinajstić information content (AvgIpc) is 3.31. The summed E-state index contributed by atoms with van der Waals surface area (Å²) in [4.78, 5) is 20.6. The van der Waals surface area contributed by atoms with E-state index in [9.17, 15) is 4.79 Å². The Balaban J connectivity index is 1.56. The summed E-state index contributed by atoms with van der Waals surface area (Å²) < 4.78 is 7.84. The van der Waals surface area contributed by atoms with Crippen molar-refractivity contribution in [3.8, 4) is 34.0 Å². The predicted octanol–water partition coefficient (Wildman–Crippen LogP) is 5.69. The van der Waals surface area contributed by atoms with E-state index in [2.05, 4.69) is 15.4 Å². The third-order valence-electron chi connectivity index (χ3n) is 5.64. The van der Waals surface area contributed by atoms with Gasteiger partial charge >= 0.3 is 5.97 Å². The molecule has 0 radical (unpaired) electrons. The maximum atomic E-state index is 11.2. The number of fused-ring (bicyclic) bond motifs is 1. The highest BCUT2D eigenvalue weighted by Gasteiger charge is 2.18. The van der Waals surface area contributed by atoms with Crippen LogP contribution >= 0.6 is 0 Å². The van der Waals surface area contributed by atoms with Crippen LogP contribution in [-0.4, -0.2) is 37.2 Å². The van der Waals surface area contributed by atoms with Crippen molar-refractivity contribution in [2.45, 2.75) is 13.8 Å². The van der Waals surface area contributed by atoms with E-state index in [1.165, 1.54) is 12.1 Å². The van der Waals surface area contributed by atoms with Gasteiger partial charge < -0.3 is 15.2 Å². The van der Waals surface area contributed by atoms with Crippen LogP contribution in [0.1, 0.15) is 22.8 Å². The highest BCUT2D eigenvalue weighted by atomic mass is 16.5. The summed E-state index contributed by atoms with van der Waals surface area (Å²) in [5, 5.41) is 17.1. The number of carboxylic acids is 1. The van der Waals surface area contributed by atoms with E-state index in [-0.39, 0.29) is 5.56 Å². The lowest BCUT2D eigenvalue weighted by Gasteiger charge is -2.14. The third kappa shape index (κ3) is 4.29. The van der Waals surface area contributed by atoms with Crippen molar-refractivity contribution in [2.75, 3.05) is 11.9 Å². The monoisotopic (exact) mass is 465 g/mol. The number of carboxylic acid groups (broad SMARTS) is 1. The topological polar surface area (TPSA) is 102 Å². The summed E-state index contributed by atoms with van der Waals surface area (Å²) in [5.74, 6) is 0.687. The summed E-state index contributed by atoms with van der Waals surface area (Å²) >= 11 is 0. The van der Waals surface area contributed by atoms with Gasteiger partial charge in [-0.05, 0) is 44.2 Å². The van der Waals surface area contributed by atoms with Gasteiger partial charge in [-0.15, -0.1) is 0 Å². The normalized spacial score (nSPS) is 10.9. The summed E-state index contributed by atoms with van der Waals surface area (Å²) in [6, 6.07) is 20.2. The Bertz CT molecular complexity index is 1490. The summed E-state index contributed by atoms with van der Waals surface area (Å²) in [6.07, 6.45) is 3.59. The van der Waals surface area contributed by atoms with Crippen LogP contribution in [0.15, 0.2) is 79.1 Å². The van der Waals surface area contributed by atoms with Crippen molar-refractivity contribution in [3.05, 3.63) is 90.3 Å². The molecule has 0 saturated heterocycles. The Morgan fingerprint density at radius 2 is 1.77 bits per heavy atom. The number of carbonyl (C=O) groups is 1. The lowest BCUT2D eigenvalue weighted by atomic mass is 10.1. The molecule has 2 aromatic carbocycles. The number of benzene rings is 2. The molecule has 0 saturated carbocycles. The Morgan fingerprint density at radius 1 is 1.00 bits per heavy atom. The van der Waals surface area contributed by atoms with Gasteiger partial charge in [-0.3, -0.25) is 4.98 Å². The van der Waals surface area contributed by atoms with E-state index < -0.39 is 5.97 Å². The SMILES string of the molecule is CCNc1c(C)c(Oc2ccc(C(=O)O)cc2)nc2c(-c3ccc(-c4ccccc4)nc3)cnn12. The van der Waals surface area contributed by atoms with Crippen LogP contribution in [0.25, 0.3) is 28.0 Å². The molecule has 0 bridgehead atoms. The fourth-order valence-electron chi connectivity index (χ4n) is 3.84. The third-order valence-corrected chi connectivity index (χ3v) is 5.64. The molecule has 0 aliphatic heterocycles.